The lowest BCUT2D eigenvalue weighted by Gasteiger charge is -2.12. The average Bonchev–Trinajstić information content (AvgIpc) is 2.61. The molecule has 0 aliphatic heterocycles. The van der Waals surface area contributed by atoms with Crippen molar-refractivity contribution >= 4 is 52.2 Å². The Balaban J connectivity index is 1.81. The monoisotopic (exact) mass is 466 g/mol. The molecule has 0 saturated carbocycles. The quantitative estimate of drug-likeness (QED) is 0.366. The van der Waals surface area contributed by atoms with Crippen LogP contribution in [0.15, 0.2) is 42.2 Å². The minimum atomic E-state index is -4.50. The highest BCUT2D eigenvalue weighted by Crippen LogP contribution is 2.32. The molecule has 11 heteroatoms. The zero-order valence-corrected chi connectivity index (χ0v) is 17.3. The summed E-state index contributed by atoms with van der Waals surface area (Å²) in [5.74, 6) is -0.252. The Kier molecular flexibility index (Phi) is 8.01. The van der Waals surface area contributed by atoms with E-state index < -0.39 is 11.7 Å². The summed E-state index contributed by atoms with van der Waals surface area (Å²) in [5.41, 5.74) is 0.0763. The lowest BCUT2D eigenvalue weighted by Crippen LogP contribution is -2.22. The third-order valence-corrected chi connectivity index (χ3v) is 4.36. The summed E-state index contributed by atoms with van der Waals surface area (Å²) < 4.78 is 37.8. The summed E-state index contributed by atoms with van der Waals surface area (Å²) in [7, 11) is 0. The Labute approximate surface area is 180 Å². The second-order valence-electron chi connectivity index (χ2n) is 5.85. The molecule has 0 aliphatic rings. The summed E-state index contributed by atoms with van der Waals surface area (Å²) in [6.07, 6.45) is -2.46. The topological polar surface area (TPSA) is 66.1 Å². The number of rotatable bonds is 7. The van der Waals surface area contributed by atoms with E-state index in [0.29, 0.717) is 40.7 Å². The number of anilines is 2. The number of pyridine rings is 1. The summed E-state index contributed by atoms with van der Waals surface area (Å²) in [6.45, 7) is 2.37. The van der Waals surface area contributed by atoms with Crippen molar-refractivity contribution in [3.8, 4) is 0 Å². The van der Waals surface area contributed by atoms with Gasteiger partial charge in [0, 0.05) is 36.1 Å². The number of carbonyl (C=O) groups excluding carboxylic acids is 1. The highest BCUT2D eigenvalue weighted by Gasteiger charge is 2.31. The number of nitrogens with zero attached hydrogens (tertiary/aromatic N) is 1. The van der Waals surface area contributed by atoms with Gasteiger partial charge in [0.1, 0.15) is 5.82 Å². The first kappa shape index (κ1) is 23.1. The first-order valence-corrected chi connectivity index (χ1v) is 9.34. The third kappa shape index (κ3) is 7.30. The summed E-state index contributed by atoms with van der Waals surface area (Å²) in [5, 5.41) is 9.07. The Morgan fingerprint density at radius 1 is 1.14 bits per heavy atom. The molecule has 5 nitrogen and oxygen atoms in total. The molecule has 0 saturated heterocycles. The number of allylic oxidation sites excluding steroid dienone is 1. The highest BCUT2D eigenvalue weighted by atomic mass is 35.5. The summed E-state index contributed by atoms with van der Waals surface area (Å²) in [4.78, 5) is 15.7. The minimum absolute atomic E-state index is 0.133. The van der Waals surface area contributed by atoms with Crippen molar-refractivity contribution < 1.29 is 18.0 Å². The van der Waals surface area contributed by atoms with E-state index in [1.807, 2.05) is 0 Å². The van der Waals surface area contributed by atoms with Gasteiger partial charge in [0.2, 0.25) is 5.91 Å². The van der Waals surface area contributed by atoms with Gasteiger partial charge in [0.05, 0.1) is 21.3 Å². The first-order valence-electron chi connectivity index (χ1n) is 8.21. The SMILES string of the molecule is C/C(=C\C(=O)Nc1ccc(Cl)cc1Cl)NCCNc1ncc(C(F)(F)F)cc1Cl. The van der Waals surface area contributed by atoms with Gasteiger partial charge in [0.15, 0.2) is 0 Å². The van der Waals surface area contributed by atoms with Crippen LogP contribution in [0.1, 0.15) is 12.5 Å². The molecule has 1 heterocycles. The Hall–Kier alpha value is -2.16. The van der Waals surface area contributed by atoms with Gasteiger partial charge in [-0.1, -0.05) is 34.8 Å². The number of hydrogen-bond donors (Lipinski definition) is 3. The fourth-order valence-corrected chi connectivity index (χ4v) is 2.86. The zero-order valence-electron chi connectivity index (χ0n) is 15.0. The van der Waals surface area contributed by atoms with Crippen molar-refractivity contribution in [3.63, 3.8) is 0 Å². The van der Waals surface area contributed by atoms with Crippen LogP contribution in [-0.4, -0.2) is 24.0 Å². The number of alkyl halides is 3. The first-order chi connectivity index (χ1) is 13.6. The molecule has 3 N–H and O–H groups in total. The van der Waals surface area contributed by atoms with Crippen LogP contribution >= 0.6 is 34.8 Å². The van der Waals surface area contributed by atoms with Crippen LogP contribution in [-0.2, 0) is 11.0 Å². The number of hydrogen-bond acceptors (Lipinski definition) is 4. The predicted octanol–water partition coefficient (Wildman–Crippen LogP) is 5.60. The predicted molar refractivity (Wildman–Crippen MR) is 110 cm³/mol. The van der Waals surface area contributed by atoms with Gasteiger partial charge < -0.3 is 16.0 Å². The molecule has 0 bridgehead atoms. The largest absolute Gasteiger partial charge is 0.417 e. The number of amides is 1. The molecule has 0 fully saturated rings. The molecule has 156 valence electrons. The highest BCUT2D eigenvalue weighted by molar-refractivity contribution is 6.36. The van der Waals surface area contributed by atoms with Crippen LogP contribution in [0.3, 0.4) is 0 Å². The Morgan fingerprint density at radius 3 is 2.48 bits per heavy atom. The van der Waals surface area contributed by atoms with Crippen molar-refractivity contribution in [3.05, 3.63) is 62.9 Å². The van der Waals surface area contributed by atoms with E-state index in [1.54, 1.807) is 19.1 Å². The van der Waals surface area contributed by atoms with E-state index in [2.05, 4.69) is 20.9 Å². The molecule has 2 rings (SSSR count). The molecule has 0 atom stereocenters. The Bertz CT molecular complexity index is 920. The standard InChI is InChI=1S/C18H16Cl3F3N4O/c1-10(6-16(29)28-15-3-2-12(19)8-13(15)20)25-4-5-26-17-14(21)7-11(9-27-17)18(22,23)24/h2-3,6-9,25H,4-5H2,1H3,(H,26,27)(H,28,29)/b10-6+. The zero-order chi connectivity index (χ0) is 21.6. The Morgan fingerprint density at radius 2 is 1.86 bits per heavy atom. The van der Waals surface area contributed by atoms with E-state index in [0.717, 1.165) is 6.07 Å². The minimum Gasteiger partial charge on any atom is -0.387 e. The number of benzene rings is 1. The molecule has 1 amide bonds. The van der Waals surface area contributed by atoms with Gasteiger partial charge in [-0.15, -0.1) is 0 Å². The van der Waals surface area contributed by atoms with Gasteiger partial charge in [-0.25, -0.2) is 4.98 Å². The van der Waals surface area contributed by atoms with Crippen LogP contribution < -0.4 is 16.0 Å². The molecule has 2 aromatic rings. The van der Waals surface area contributed by atoms with Gasteiger partial charge >= 0.3 is 6.18 Å². The second kappa shape index (κ2) is 10.0. The summed E-state index contributed by atoms with van der Waals surface area (Å²) in [6, 6.07) is 5.51. The van der Waals surface area contributed by atoms with E-state index in [4.69, 9.17) is 34.8 Å². The molecule has 0 unspecified atom stereocenters. The molecule has 0 spiro atoms. The van der Waals surface area contributed by atoms with Crippen LogP contribution in [0.2, 0.25) is 15.1 Å². The smallest absolute Gasteiger partial charge is 0.387 e. The number of aromatic nitrogens is 1. The third-order valence-electron chi connectivity index (χ3n) is 3.53. The molecule has 0 radical (unpaired) electrons. The number of carbonyl (C=O) groups is 1. The molecule has 29 heavy (non-hydrogen) atoms. The van der Waals surface area contributed by atoms with Crippen molar-refractivity contribution in [1.82, 2.24) is 10.3 Å². The van der Waals surface area contributed by atoms with E-state index in [9.17, 15) is 18.0 Å². The molecular weight excluding hydrogens is 452 g/mol. The van der Waals surface area contributed by atoms with Crippen LogP contribution in [0, 0.1) is 0 Å². The van der Waals surface area contributed by atoms with Crippen molar-refractivity contribution in [2.45, 2.75) is 13.1 Å². The van der Waals surface area contributed by atoms with Gasteiger partial charge in [0.25, 0.3) is 0 Å². The lowest BCUT2D eigenvalue weighted by molar-refractivity contribution is -0.137. The van der Waals surface area contributed by atoms with Gasteiger partial charge in [-0.2, -0.15) is 13.2 Å². The number of nitrogens with one attached hydrogen (secondary N) is 3. The van der Waals surface area contributed by atoms with Gasteiger partial charge in [-0.3, -0.25) is 4.79 Å². The maximum Gasteiger partial charge on any atom is 0.417 e. The van der Waals surface area contributed by atoms with E-state index >= 15 is 0 Å². The molecule has 1 aromatic heterocycles. The maximum atomic E-state index is 12.6. The van der Waals surface area contributed by atoms with Gasteiger partial charge in [-0.05, 0) is 31.2 Å². The molecule has 0 aliphatic carbocycles. The summed E-state index contributed by atoms with van der Waals surface area (Å²) >= 11 is 17.6. The average molecular weight is 468 g/mol. The van der Waals surface area contributed by atoms with Crippen LogP contribution in [0.5, 0.6) is 0 Å². The van der Waals surface area contributed by atoms with Crippen LogP contribution in [0.4, 0.5) is 24.7 Å². The number of halogens is 6. The van der Waals surface area contributed by atoms with Crippen molar-refractivity contribution in [1.29, 1.82) is 0 Å². The van der Waals surface area contributed by atoms with E-state index in [-0.39, 0.29) is 16.7 Å². The van der Waals surface area contributed by atoms with Crippen molar-refractivity contribution in [2.24, 2.45) is 0 Å². The van der Waals surface area contributed by atoms with E-state index in [1.165, 1.54) is 12.1 Å². The lowest BCUT2D eigenvalue weighted by atomic mass is 10.3. The second-order valence-corrected chi connectivity index (χ2v) is 7.10. The maximum absolute atomic E-state index is 12.6. The fraction of sp³-hybridized carbons (Fsp3) is 0.222. The van der Waals surface area contributed by atoms with Crippen molar-refractivity contribution in [2.75, 3.05) is 23.7 Å². The normalized spacial score (nSPS) is 11.9. The molecular formula is C18H16Cl3F3N4O. The fourth-order valence-electron chi connectivity index (χ4n) is 2.17. The molecule has 1 aromatic carbocycles. The van der Waals surface area contributed by atoms with Crippen LogP contribution in [0.25, 0.3) is 0 Å².